The first-order valence-electron chi connectivity index (χ1n) is 14.4. The van der Waals surface area contributed by atoms with Crippen molar-refractivity contribution in [1.29, 1.82) is 0 Å². The number of terminal acetylenes is 1. The van der Waals surface area contributed by atoms with E-state index in [1.807, 2.05) is 24.3 Å². The summed E-state index contributed by atoms with van der Waals surface area (Å²) >= 11 is 6.40. The predicted molar refractivity (Wildman–Crippen MR) is 161 cm³/mol. The molecule has 1 saturated heterocycles. The van der Waals surface area contributed by atoms with E-state index in [0.717, 1.165) is 42.7 Å². The van der Waals surface area contributed by atoms with E-state index in [9.17, 15) is 4.79 Å². The molecule has 11 nitrogen and oxygen atoms in total. The minimum Gasteiger partial charge on any atom is -0.377 e. The second-order valence-electron chi connectivity index (χ2n) is 11.0. The van der Waals surface area contributed by atoms with Gasteiger partial charge in [-0.05, 0) is 43.2 Å². The fourth-order valence-electron chi connectivity index (χ4n) is 6.16. The number of ether oxygens (including phenoxy) is 1. The normalized spacial score (nSPS) is 20.7. The molecule has 5 heterocycles. The molecule has 1 aliphatic carbocycles. The van der Waals surface area contributed by atoms with Crippen molar-refractivity contribution < 1.29 is 9.26 Å². The van der Waals surface area contributed by atoms with Crippen molar-refractivity contribution in [2.75, 3.05) is 24.7 Å². The van der Waals surface area contributed by atoms with Crippen molar-refractivity contribution in [1.82, 2.24) is 34.6 Å². The van der Waals surface area contributed by atoms with Crippen LogP contribution in [0.4, 0.5) is 5.95 Å². The van der Waals surface area contributed by atoms with Crippen LogP contribution in [0.3, 0.4) is 0 Å². The second kappa shape index (κ2) is 11.6. The number of anilines is 1. The Morgan fingerprint density at radius 2 is 1.93 bits per heavy atom. The maximum Gasteiger partial charge on any atom is 0.439 e. The average molecular weight is 597 g/mol. The number of nitrogens with zero attached hydrogens (tertiary/aromatic N) is 7. The lowest BCUT2D eigenvalue weighted by Gasteiger charge is -2.37. The summed E-state index contributed by atoms with van der Waals surface area (Å²) in [6.45, 7) is 2.47. The first-order chi connectivity index (χ1) is 21.1. The van der Waals surface area contributed by atoms with Gasteiger partial charge in [-0.25, -0.2) is 14.8 Å². The number of morpholine rings is 1. The zero-order valence-corrected chi connectivity index (χ0v) is 24.1. The average Bonchev–Trinajstić information content (AvgIpc) is 3.65. The molecule has 0 bridgehead atoms. The van der Waals surface area contributed by atoms with Gasteiger partial charge < -0.3 is 14.2 Å². The molecular weight excluding hydrogens is 568 g/mol. The highest BCUT2D eigenvalue weighted by Gasteiger charge is 2.32. The largest absolute Gasteiger partial charge is 0.439 e. The van der Waals surface area contributed by atoms with Crippen molar-refractivity contribution in [3.63, 3.8) is 0 Å². The lowest BCUT2D eigenvalue weighted by molar-refractivity contribution is 0.0927. The molecule has 7 rings (SSSR count). The zero-order chi connectivity index (χ0) is 29.3. The van der Waals surface area contributed by atoms with Gasteiger partial charge in [-0.2, -0.15) is 4.98 Å². The van der Waals surface area contributed by atoms with Crippen LogP contribution in [0, 0.1) is 24.2 Å². The topological polar surface area (TPSA) is 128 Å². The van der Waals surface area contributed by atoms with Gasteiger partial charge in [0.05, 0.1) is 24.3 Å². The SMILES string of the molecule is C#CC1CCC(Cn2c(N3CCOCC3c3ccccc3)nc3nc(-c4noc(=O)[nH]4)nc(-c4cncc(Cl)c4)c32)CC1. The van der Waals surface area contributed by atoms with Gasteiger partial charge in [0.2, 0.25) is 17.6 Å². The lowest BCUT2D eigenvalue weighted by Crippen LogP contribution is -2.41. The van der Waals surface area contributed by atoms with E-state index in [1.54, 1.807) is 12.4 Å². The molecule has 0 radical (unpaired) electrons. The summed E-state index contributed by atoms with van der Waals surface area (Å²) in [4.78, 5) is 35.8. The minimum absolute atomic E-state index is 0.0432. The minimum atomic E-state index is -0.697. The molecule has 2 aliphatic rings. The Balaban J connectivity index is 1.44. The maximum absolute atomic E-state index is 11.8. The second-order valence-corrected chi connectivity index (χ2v) is 11.4. The van der Waals surface area contributed by atoms with E-state index in [4.69, 9.17) is 42.2 Å². The van der Waals surface area contributed by atoms with E-state index in [-0.39, 0.29) is 17.7 Å². The van der Waals surface area contributed by atoms with Gasteiger partial charge in [0.25, 0.3) is 0 Å². The molecule has 43 heavy (non-hydrogen) atoms. The van der Waals surface area contributed by atoms with Gasteiger partial charge in [-0.15, -0.1) is 12.3 Å². The molecule has 1 N–H and O–H groups in total. The zero-order valence-electron chi connectivity index (χ0n) is 23.3. The first kappa shape index (κ1) is 27.3. The number of benzene rings is 1. The third kappa shape index (κ3) is 5.40. The smallest absolute Gasteiger partial charge is 0.377 e. The van der Waals surface area contributed by atoms with Gasteiger partial charge in [0, 0.05) is 37.0 Å². The summed E-state index contributed by atoms with van der Waals surface area (Å²) in [6, 6.07) is 12.1. The Bertz CT molecular complexity index is 1850. The van der Waals surface area contributed by atoms with Crippen LogP contribution in [0.5, 0.6) is 0 Å². The number of rotatable bonds is 6. The third-order valence-electron chi connectivity index (χ3n) is 8.31. The Labute approximate surface area is 252 Å². The summed E-state index contributed by atoms with van der Waals surface area (Å²) in [7, 11) is 0. The van der Waals surface area contributed by atoms with Crippen LogP contribution in [0.1, 0.15) is 37.3 Å². The molecule has 1 saturated carbocycles. The third-order valence-corrected chi connectivity index (χ3v) is 8.51. The first-order valence-corrected chi connectivity index (χ1v) is 14.8. The molecule has 0 amide bonds. The van der Waals surface area contributed by atoms with Crippen LogP contribution in [-0.4, -0.2) is 54.4 Å². The van der Waals surface area contributed by atoms with Crippen molar-refractivity contribution >= 4 is 28.7 Å². The number of fused-ring (bicyclic) bond motifs is 1. The molecule has 218 valence electrons. The molecule has 12 heteroatoms. The van der Waals surface area contributed by atoms with Crippen molar-refractivity contribution in [2.24, 2.45) is 11.8 Å². The molecule has 1 aliphatic heterocycles. The summed E-state index contributed by atoms with van der Waals surface area (Å²) in [5.74, 6) is 4.03. The highest BCUT2D eigenvalue weighted by Crippen LogP contribution is 2.38. The molecular formula is C31H29ClN8O3. The monoisotopic (exact) mass is 596 g/mol. The fourth-order valence-corrected chi connectivity index (χ4v) is 6.33. The predicted octanol–water partition coefficient (Wildman–Crippen LogP) is 4.90. The summed E-state index contributed by atoms with van der Waals surface area (Å²) < 4.78 is 13.0. The summed E-state index contributed by atoms with van der Waals surface area (Å²) in [5.41, 5.74) is 3.64. The summed E-state index contributed by atoms with van der Waals surface area (Å²) in [5, 5.41) is 4.31. The van der Waals surface area contributed by atoms with Gasteiger partial charge >= 0.3 is 5.76 Å². The molecule has 1 aromatic carbocycles. The van der Waals surface area contributed by atoms with Crippen LogP contribution >= 0.6 is 11.6 Å². The molecule has 5 aromatic rings. The van der Waals surface area contributed by atoms with Crippen LogP contribution in [0.15, 0.2) is 58.1 Å². The van der Waals surface area contributed by atoms with Crippen LogP contribution in [-0.2, 0) is 11.3 Å². The molecule has 4 aromatic heterocycles. The number of hydrogen-bond donors (Lipinski definition) is 1. The Kier molecular flexibility index (Phi) is 7.39. The lowest BCUT2D eigenvalue weighted by atomic mass is 9.82. The highest BCUT2D eigenvalue weighted by molar-refractivity contribution is 6.30. The molecule has 1 atom stereocenters. The molecule has 2 fully saturated rings. The van der Waals surface area contributed by atoms with Gasteiger partial charge in [0.15, 0.2) is 5.65 Å². The number of aromatic amines is 1. The van der Waals surface area contributed by atoms with Crippen molar-refractivity contribution in [2.45, 2.75) is 38.3 Å². The van der Waals surface area contributed by atoms with Gasteiger partial charge in [-0.3, -0.25) is 14.5 Å². The Hall–Kier alpha value is -4.53. The van der Waals surface area contributed by atoms with E-state index >= 15 is 0 Å². The van der Waals surface area contributed by atoms with E-state index in [2.05, 4.69) is 42.6 Å². The number of halogens is 1. The molecule has 1 unspecified atom stereocenters. The Morgan fingerprint density at radius 1 is 1.09 bits per heavy atom. The number of hydrogen-bond acceptors (Lipinski definition) is 9. The highest BCUT2D eigenvalue weighted by atomic mass is 35.5. The number of imidazole rings is 1. The molecule has 0 spiro atoms. The number of pyridine rings is 1. The number of H-pyrrole nitrogens is 1. The fraction of sp³-hybridized carbons (Fsp3) is 0.355. The van der Waals surface area contributed by atoms with Gasteiger partial charge in [0.1, 0.15) is 11.2 Å². The Morgan fingerprint density at radius 3 is 2.67 bits per heavy atom. The standard InChI is InChI=1S/C31H29ClN8O3/c1-2-19-8-10-20(11-9-19)17-40-26-25(22-14-23(32)16-33-15-22)34-28(29-37-31(41)43-38-29)35-27(26)36-30(40)39-12-13-42-18-24(39)21-6-4-3-5-7-21/h1,3-7,14-16,19-20,24H,8-13,17-18H2,(H,37,38,41). The van der Waals surface area contributed by atoms with Crippen LogP contribution in [0.2, 0.25) is 5.02 Å². The van der Waals surface area contributed by atoms with E-state index in [0.29, 0.717) is 60.1 Å². The van der Waals surface area contributed by atoms with Crippen molar-refractivity contribution in [3.8, 4) is 35.2 Å². The van der Waals surface area contributed by atoms with Crippen molar-refractivity contribution in [3.05, 3.63) is 69.9 Å². The van der Waals surface area contributed by atoms with E-state index < -0.39 is 5.76 Å². The van der Waals surface area contributed by atoms with Gasteiger partial charge in [-0.1, -0.05) is 47.1 Å². The maximum atomic E-state index is 11.8. The summed E-state index contributed by atoms with van der Waals surface area (Å²) in [6.07, 6.45) is 13.1. The van der Waals surface area contributed by atoms with E-state index in [1.165, 1.54) is 0 Å². The van der Waals surface area contributed by atoms with Crippen LogP contribution < -0.4 is 10.7 Å². The number of aromatic nitrogens is 7. The quantitative estimate of drug-likeness (QED) is 0.272. The van der Waals surface area contributed by atoms with Crippen LogP contribution in [0.25, 0.3) is 34.1 Å². The number of nitrogens with one attached hydrogen (secondary N) is 1.